The summed E-state index contributed by atoms with van der Waals surface area (Å²) < 4.78 is 21.6. The number of rotatable bonds is 7. The van der Waals surface area contributed by atoms with Gasteiger partial charge in [0.1, 0.15) is 12.4 Å². The molecule has 4 heterocycles. The molecule has 0 bridgehead atoms. The predicted octanol–water partition coefficient (Wildman–Crippen LogP) is 2.91. The lowest BCUT2D eigenvalue weighted by Gasteiger charge is -2.31. The molecular weight excluding hydrogens is 543 g/mol. The molecule has 2 aliphatic rings. The van der Waals surface area contributed by atoms with Crippen LogP contribution in [0, 0.1) is 5.82 Å². The van der Waals surface area contributed by atoms with Crippen molar-refractivity contribution in [3.8, 4) is 11.4 Å². The van der Waals surface area contributed by atoms with Crippen LogP contribution in [0.5, 0.6) is 0 Å². The highest BCUT2D eigenvalue weighted by molar-refractivity contribution is 5.97. The lowest BCUT2D eigenvalue weighted by molar-refractivity contribution is -0.172. The van der Waals surface area contributed by atoms with Crippen LogP contribution < -0.4 is 16.2 Å². The fraction of sp³-hybridized carbons (Fsp3) is 0.258. The Bertz CT molecular complexity index is 1840. The van der Waals surface area contributed by atoms with Crippen LogP contribution in [-0.2, 0) is 44.3 Å². The number of cyclic esters (lactones) is 1. The van der Waals surface area contributed by atoms with E-state index < -0.39 is 28.9 Å². The topological polar surface area (TPSA) is 140 Å². The number of nitrogens with one attached hydrogen (secondary N) is 2. The quantitative estimate of drug-likeness (QED) is 0.256. The van der Waals surface area contributed by atoms with Crippen LogP contribution in [0.25, 0.3) is 22.3 Å². The molecule has 0 spiro atoms. The Morgan fingerprint density at radius 3 is 2.67 bits per heavy atom. The summed E-state index contributed by atoms with van der Waals surface area (Å²) in [7, 11) is 0. The van der Waals surface area contributed by atoms with E-state index in [0.717, 1.165) is 5.56 Å². The van der Waals surface area contributed by atoms with Crippen LogP contribution in [0.15, 0.2) is 59.4 Å². The first kappa shape index (κ1) is 27.3. The van der Waals surface area contributed by atoms with Crippen molar-refractivity contribution in [2.24, 2.45) is 0 Å². The Hall–Kier alpha value is -4.90. The van der Waals surface area contributed by atoms with Crippen molar-refractivity contribution in [2.75, 3.05) is 11.9 Å². The minimum absolute atomic E-state index is 0.0246. The number of halogens is 1. The summed E-state index contributed by atoms with van der Waals surface area (Å²) >= 11 is 0. The normalized spacial score (nSPS) is 16.8. The molecule has 4 aromatic rings. The zero-order valence-corrected chi connectivity index (χ0v) is 22.7. The minimum Gasteiger partial charge on any atom is -0.458 e. The van der Waals surface area contributed by atoms with Crippen molar-refractivity contribution >= 4 is 34.4 Å². The molecule has 0 radical (unpaired) electrons. The second kappa shape index (κ2) is 10.5. The molecule has 0 aliphatic carbocycles. The third kappa shape index (κ3) is 4.71. The van der Waals surface area contributed by atoms with E-state index in [1.165, 1.54) is 16.7 Å². The first-order valence-corrected chi connectivity index (χ1v) is 13.6. The average molecular weight is 571 g/mol. The summed E-state index contributed by atoms with van der Waals surface area (Å²) in [5.74, 6) is -2.41. The van der Waals surface area contributed by atoms with E-state index in [4.69, 9.17) is 4.74 Å². The molecule has 10 nitrogen and oxygen atoms in total. The number of carbonyl (C=O) groups is 3. The van der Waals surface area contributed by atoms with Crippen LogP contribution in [0.2, 0.25) is 0 Å². The predicted molar refractivity (Wildman–Crippen MR) is 151 cm³/mol. The van der Waals surface area contributed by atoms with E-state index in [0.29, 0.717) is 34.3 Å². The summed E-state index contributed by atoms with van der Waals surface area (Å²) in [4.78, 5) is 54.9. The number of hydrogen-bond acceptors (Lipinski definition) is 7. The molecule has 0 saturated carbocycles. The summed E-state index contributed by atoms with van der Waals surface area (Å²) in [6.07, 6.45) is 0.777. The molecule has 3 N–H and O–H groups in total. The van der Waals surface area contributed by atoms with Gasteiger partial charge in [-0.2, -0.15) is 0 Å². The van der Waals surface area contributed by atoms with Crippen molar-refractivity contribution < 1.29 is 28.6 Å². The number of pyridine rings is 2. The number of esters is 1. The molecule has 214 valence electrons. The molecule has 11 heteroatoms. The molecule has 0 fully saturated rings. The highest BCUT2D eigenvalue weighted by atomic mass is 19.1. The number of ether oxygens (including phenoxy) is 1. The number of aryl methyl sites for hydroxylation is 1. The van der Waals surface area contributed by atoms with E-state index in [1.807, 2.05) is 30.3 Å². The van der Waals surface area contributed by atoms with Crippen LogP contribution in [0.3, 0.4) is 0 Å². The van der Waals surface area contributed by atoms with Gasteiger partial charge in [-0.15, -0.1) is 0 Å². The van der Waals surface area contributed by atoms with Gasteiger partial charge in [-0.25, -0.2) is 14.2 Å². The number of nitrogens with zero attached hydrogens (tertiary/aromatic N) is 2. The van der Waals surface area contributed by atoms with E-state index >= 15 is 4.39 Å². The van der Waals surface area contributed by atoms with E-state index in [2.05, 4.69) is 15.6 Å². The van der Waals surface area contributed by atoms with Crippen molar-refractivity contribution in [3.63, 3.8) is 0 Å². The van der Waals surface area contributed by atoms with E-state index in [1.54, 1.807) is 19.1 Å². The first-order chi connectivity index (χ1) is 20.2. The summed E-state index contributed by atoms with van der Waals surface area (Å²) in [6, 6.07) is 15.5. The third-order valence-corrected chi connectivity index (χ3v) is 7.80. The third-order valence-electron chi connectivity index (χ3n) is 7.80. The number of amides is 2. The van der Waals surface area contributed by atoms with Crippen LogP contribution >= 0.6 is 0 Å². The second-order valence-corrected chi connectivity index (χ2v) is 10.4. The Balaban J connectivity index is 1.21. The highest BCUT2D eigenvalue weighted by Crippen LogP contribution is 2.39. The van der Waals surface area contributed by atoms with Gasteiger partial charge >= 0.3 is 5.97 Å². The van der Waals surface area contributed by atoms with E-state index in [-0.39, 0.29) is 55.3 Å². The summed E-state index contributed by atoms with van der Waals surface area (Å²) in [5.41, 5.74) is 0.843. The Morgan fingerprint density at radius 2 is 1.90 bits per heavy atom. The van der Waals surface area contributed by atoms with E-state index in [9.17, 15) is 24.3 Å². The highest BCUT2D eigenvalue weighted by Gasteiger charge is 2.45. The molecule has 0 saturated heterocycles. The molecule has 0 unspecified atom stereocenters. The van der Waals surface area contributed by atoms with Crippen LogP contribution in [-0.4, -0.2) is 39.0 Å². The second-order valence-electron chi connectivity index (χ2n) is 10.4. The average Bonchev–Trinajstić information content (AvgIpc) is 3.34. The van der Waals surface area contributed by atoms with Gasteiger partial charge in [0.15, 0.2) is 5.60 Å². The minimum atomic E-state index is -1.94. The maximum Gasteiger partial charge on any atom is 0.343 e. The number of anilines is 1. The largest absolute Gasteiger partial charge is 0.458 e. The van der Waals surface area contributed by atoms with Gasteiger partial charge in [0.05, 0.1) is 41.2 Å². The van der Waals surface area contributed by atoms with Crippen molar-refractivity contribution in [1.82, 2.24) is 14.9 Å². The summed E-state index contributed by atoms with van der Waals surface area (Å²) in [5, 5.41) is 16.6. The Morgan fingerprint density at radius 1 is 1.12 bits per heavy atom. The van der Waals surface area contributed by atoms with Gasteiger partial charge in [-0.05, 0) is 36.6 Å². The molecule has 2 aromatic carbocycles. The maximum atomic E-state index is 15.0. The number of aromatic nitrogens is 2. The van der Waals surface area contributed by atoms with Gasteiger partial charge in [-0.3, -0.25) is 14.4 Å². The smallest absolute Gasteiger partial charge is 0.343 e. The number of aliphatic hydroxyl groups is 1. The number of fused-ring (bicyclic) bond motifs is 5. The van der Waals surface area contributed by atoms with Crippen LogP contribution in [0.4, 0.5) is 10.1 Å². The zero-order chi connectivity index (χ0) is 29.6. The van der Waals surface area contributed by atoms with Gasteiger partial charge < -0.3 is 25.0 Å². The SMILES string of the molecule is CC[C@@]1(O)C(=O)OCc2c1cc1n(c2=O)Cc2cc3cc(NC(=O)CNC(=O)CCc4ccccc4)c(F)cc3nc2-1. The molecule has 1 atom stereocenters. The first-order valence-electron chi connectivity index (χ1n) is 13.6. The molecule has 2 aliphatic heterocycles. The molecule has 2 aromatic heterocycles. The Labute approximate surface area is 239 Å². The zero-order valence-electron chi connectivity index (χ0n) is 22.7. The lowest BCUT2D eigenvalue weighted by atomic mass is 9.86. The van der Waals surface area contributed by atoms with Crippen molar-refractivity contribution in [2.45, 2.75) is 44.9 Å². The molecule has 6 rings (SSSR count). The van der Waals surface area contributed by atoms with Gasteiger partial charge in [-0.1, -0.05) is 37.3 Å². The summed E-state index contributed by atoms with van der Waals surface area (Å²) in [6.45, 7) is 1.27. The molecule has 2 amide bonds. The van der Waals surface area contributed by atoms with Gasteiger partial charge in [0, 0.05) is 29.0 Å². The fourth-order valence-electron chi connectivity index (χ4n) is 5.47. The monoisotopic (exact) mass is 570 g/mol. The number of hydrogen-bond donors (Lipinski definition) is 3. The van der Waals surface area contributed by atoms with Crippen molar-refractivity contribution in [3.05, 3.63) is 93.0 Å². The lowest BCUT2D eigenvalue weighted by Crippen LogP contribution is -2.44. The fourth-order valence-corrected chi connectivity index (χ4v) is 5.47. The van der Waals surface area contributed by atoms with Crippen molar-refractivity contribution in [1.29, 1.82) is 0 Å². The Kier molecular flexibility index (Phi) is 6.82. The number of benzene rings is 2. The van der Waals surface area contributed by atoms with Gasteiger partial charge in [0.2, 0.25) is 11.8 Å². The number of carbonyl (C=O) groups excluding carboxylic acids is 3. The standard InChI is InChI=1S/C31H27FN4O6/c1-2-31(41)21-12-25-28-19(15-36(25)29(39)20(21)16-42-30(31)40)10-18-11-24(22(32)13-23(18)35-28)34-27(38)14-33-26(37)9-8-17-6-4-3-5-7-17/h3-7,10-13,41H,2,8-9,14-16H2,1H3,(H,33,37)(H,34,38)/t31-/m0/s1. The molecular formula is C31H27FN4O6. The van der Waals surface area contributed by atoms with Gasteiger partial charge in [0.25, 0.3) is 5.56 Å². The maximum absolute atomic E-state index is 15.0. The molecule has 42 heavy (non-hydrogen) atoms. The van der Waals surface area contributed by atoms with Crippen LogP contribution in [0.1, 0.15) is 42.0 Å².